The van der Waals surface area contributed by atoms with E-state index in [4.69, 9.17) is 30.7 Å². The van der Waals surface area contributed by atoms with Gasteiger partial charge >= 0.3 is 24.1 Å². The molecule has 17 nitrogen and oxygen atoms in total. The van der Waals surface area contributed by atoms with Gasteiger partial charge in [0.15, 0.2) is 5.78 Å². The van der Waals surface area contributed by atoms with Gasteiger partial charge in [-0.3, -0.25) is 19.2 Å². The number of hydrogen-bond donors (Lipinski definition) is 5. The lowest BCUT2D eigenvalue weighted by Gasteiger charge is -2.36. The number of pyridine rings is 2. The van der Waals surface area contributed by atoms with Crippen LogP contribution in [0.2, 0.25) is 0 Å². The smallest absolute Gasteiger partial charge is 0.407 e. The van der Waals surface area contributed by atoms with E-state index in [9.17, 15) is 33.6 Å². The molecule has 7 N–H and O–H groups in total. The Morgan fingerprint density at radius 1 is 1.05 bits per heavy atom. The van der Waals surface area contributed by atoms with Crippen molar-refractivity contribution in [3.05, 3.63) is 91.7 Å². The first kappa shape index (κ1) is 47.3. The largest absolute Gasteiger partial charge is 0.457 e. The van der Waals surface area contributed by atoms with Gasteiger partial charge < -0.3 is 46.2 Å². The Labute approximate surface area is 378 Å². The number of amides is 4. The van der Waals surface area contributed by atoms with E-state index in [2.05, 4.69) is 31.9 Å². The minimum Gasteiger partial charge on any atom is -0.457 e. The van der Waals surface area contributed by atoms with Gasteiger partial charge in [-0.05, 0) is 72.6 Å². The van der Waals surface area contributed by atoms with Gasteiger partial charge in [0, 0.05) is 52.1 Å². The van der Waals surface area contributed by atoms with E-state index in [0.29, 0.717) is 35.5 Å². The zero-order chi connectivity index (χ0) is 46.5. The lowest BCUT2D eigenvalue weighted by atomic mass is 9.85. The number of ether oxygens (including phenoxy) is 3. The number of hydrogen-bond acceptors (Lipinski definition) is 12. The van der Waals surface area contributed by atoms with Gasteiger partial charge in [0.2, 0.25) is 11.5 Å². The van der Waals surface area contributed by atoms with E-state index in [-0.39, 0.29) is 86.4 Å². The number of aromatic nitrogens is 2. The van der Waals surface area contributed by atoms with Gasteiger partial charge in [0.25, 0.3) is 5.56 Å². The SMILES string of the molecule is CC[C@@]1(OC(=O)CC(C)(C)CNC(=O)OCc2ccc(NC(=O)[C@H](CCCNC(N)=O)CC(=O)[C@@H](N)C(C)C)cc2)C(=O)OCc2c1cc1n(c2=O)Cc2cc3c(Br)cccc3nc2-1. The van der Waals surface area contributed by atoms with Crippen LogP contribution in [0.5, 0.6) is 0 Å². The van der Waals surface area contributed by atoms with Gasteiger partial charge in [-0.1, -0.05) is 68.7 Å². The van der Waals surface area contributed by atoms with E-state index >= 15 is 0 Å². The molecule has 18 heteroatoms. The fourth-order valence-corrected chi connectivity index (χ4v) is 8.35. The molecule has 0 spiro atoms. The van der Waals surface area contributed by atoms with Crippen LogP contribution in [0.15, 0.2) is 63.9 Å². The molecule has 2 aromatic carbocycles. The molecule has 0 radical (unpaired) electrons. The molecule has 0 aliphatic carbocycles. The molecule has 4 amide bonds. The summed E-state index contributed by atoms with van der Waals surface area (Å²) in [6.45, 7) is 9.02. The van der Waals surface area contributed by atoms with E-state index in [1.165, 1.54) is 0 Å². The zero-order valence-electron chi connectivity index (χ0n) is 36.5. The van der Waals surface area contributed by atoms with Gasteiger partial charge in [-0.15, -0.1) is 0 Å². The van der Waals surface area contributed by atoms with Crippen molar-refractivity contribution < 1.29 is 43.0 Å². The van der Waals surface area contributed by atoms with Crippen molar-refractivity contribution in [2.75, 3.05) is 18.4 Å². The summed E-state index contributed by atoms with van der Waals surface area (Å²) >= 11 is 3.58. The van der Waals surface area contributed by atoms with Crippen LogP contribution in [0.3, 0.4) is 0 Å². The molecule has 3 atom stereocenters. The Hall–Kier alpha value is -6.14. The van der Waals surface area contributed by atoms with Crippen molar-refractivity contribution in [1.82, 2.24) is 20.2 Å². The van der Waals surface area contributed by atoms with E-state index in [0.717, 1.165) is 20.9 Å². The number of urea groups is 1. The number of primary amides is 1. The first-order valence-corrected chi connectivity index (χ1v) is 22.0. The molecular weight excluding hydrogens is 890 g/mol. The van der Waals surface area contributed by atoms with Crippen molar-refractivity contribution in [2.45, 2.75) is 98.1 Å². The van der Waals surface area contributed by atoms with Crippen molar-refractivity contribution in [3.63, 3.8) is 0 Å². The van der Waals surface area contributed by atoms with Crippen LogP contribution in [-0.4, -0.2) is 64.4 Å². The highest BCUT2D eigenvalue weighted by Crippen LogP contribution is 2.42. The van der Waals surface area contributed by atoms with Crippen LogP contribution >= 0.6 is 15.9 Å². The van der Waals surface area contributed by atoms with Crippen LogP contribution in [0.4, 0.5) is 15.3 Å². The van der Waals surface area contributed by atoms with Crippen molar-refractivity contribution in [2.24, 2.45) is 28.7 Å². The second-order valence-corrected chi connectivity index (χ2v) is 18.2. The number of fused-ring (bicyclic) bond motifs is 5. The molecule has 2 aliphatic rings. The van der Waals surface area contributed by atoms with Crippen LogP contribution in [0, 0.1) is 17.3 Å². The van der Waals surface area contributed by atoms with Gasteiger partial charge in [0.05, 0.1) is 41.5 Å². The number of benzene rings is 2. The minimum atomic E-state index is -1.88. The Morgan fingerprint density at radius 3 is 2.47 bits per heavy atom. The number of alkyl carbamates (subject to hydrolysis) is 1. The monoisotopic (exact) mass is 943 g/mol. The number of nitrogens with zero attached hydrogens (tertiary/aromatic N) is 2. The van der Waals surface area contributed by atoms with Gasteiger partial charge in [0.1, 0.15) is 13.2 Å². The van der Waals surface area contributed by atoms with Crippen LogP contribution < -0.4 is 33.0 Å². The van der Waals surface area contributed by atoms with Crippen molar-refractivity contribution >= 4 is 68.3 Å². The summed E-state index contributed by atoms with van der Waals surface area (Å²) in [5.41, 5.74) is 12.4. The fourth-order valence-electron chi connectivity index (χ4n) is 7.88. The predicted octanol–water partition coefficient (Wildman–Crippen LogP) is 5.68. The van der Waals surface area contributed by atoms with Crippen molar-refractivity contribution in [3.8, 4) is 11.4 Å². The number of cyclic esters (lactones) is 1. The van der Waals surface area contributed by atoms with E-state index in [1.54, 1.807) is 55.7 Å². The predicted molar refractivity (Wildman–Crippen MR) is 241 cm³/mol. The highest BCUT2D eigenvalue weighted by Gasteiger charge is 2.51. The number of ketones is 1. The Kier molecular flexibility index (Phi) is 14.6. The number of anilines is 1. The summed E-state index contributed by atoms with van der Waals surface area (Å²) in [5, 5.41) is 8.89. The molecule has 2 aliphatic heterocycles. The molecule has 0 fully saturated rings. The third kappa shape index (κ3) is 10.6. The number of nitrogens with one attached hydrogen (secondary N) is 3. The lowest BCUT2D eigenvalue weighted by molar-refractivity contribution is -0.190. The lowest BCUT2D eigenvalue weighted by Crippen LogP contribution is -2.48. The molecule has 4 heterocycles. The molecule has 0 bridgehead atoms. The maximum absolute atomic E-state index is 13.9. The number of carbonyl (C=O) groups is 6. The first-order chi connectivity index (χ1) is 30.3. The average Bonchev–Trinajstić information content (AvgIpc) is 3.61. The maximum Gasteiger partial charge on any atom is 0.407 e. The van der Waals surface area contributed by atoms with Crippen LogP contribution in [-0.2, 0) is 58.7 Å². The first-order valence-electron chi connectivity index (χ1n) is 21.2. The normalized spacial score (nSPS) is 16.2. The third-order valence-corrected chi connectivity index (χ3v) is 12.3. The standard InChI is InChI=1S/C46H54BrN7O10/c1-6-46(32-19-35-39-28(17-30-33(47)10-7-11-34(30)53-39)21-54(35)41(58)31(32)23-62-42(46)59)64-37(56)20-45(4,5)24-51-44(61)63-22-26-12-14-29(15-13-26)52-40(57)27(9-8-16-50-43(49)60)18-36(55)38(48)25(2)3/h7,10-15,17,19,25,27,38H,6,8-9,16,18,20-24,48H2,1-5H3,(H,51,61)(H,52,57)(H3,49,50,60)/t27-,38+,46+/m1/s1. The Balaban J connectivity index is 1.04. The molecule has 340 valence electrons. The highest BCUT2D eigenvalue weighted by molar-refractivity contribution is 9.10. The van der Waals surface area contributed by atoms with E-state index < -0.39 is 47.0 Å². The summed E-state index contributed by atoms with van der Waals surface area (Å²) < 4.78 is 19.4. The maximum atomic E-state index is 13.9. The molecule has 0 saturated heterocycles. The zero-order valence-corrected chi connectivity index (χ0v) is 38.1. The Bertz CT molecular complexity index is 2540. The molecule has 4 aromatic rings. The summed E-state index contributed by atoms with van der Waals surface area (Å²) in [5.74, 6) is -2.90. The molecule has 64 heavy (non-hydrogen) atoms. The minimum absolute atomic E-state index is 0.00349. The van der Waals surface area contributed by atoms with Crippen LogP contribution in [0.25, 0.3) is 22.3 Å². The summed E-state index contributed by atoms with van der Waals surface area (Å²) in [7, 11) is 0. The average molecular weight is 945 g/mol. The van der Waals surface area contributed by atoms with Crippen LogP contribution in [0.1, 0.15) is 89.0 Å². The molecule has 6 rings (SSSR count). The number of rotatable bonds is 18. The number of halogens is 1. The van der Waals surface area contributed by atoms with Gasteiger partial charge in [-0.25, -0.2) is 19.4 Å². The van der Waals surface area contributed by atoms with Crippen molar-refractivity contribution in [1.29, 1.82) is 0 Å². The van der Waals surface area contributed by atoms with E-state index in [1.807, 2.05) is 38.1 Å². The topological polar surface area (TPSA) is 253 Å². The molecule has 0 unspecified atom stereocenters. The fraction of sp³-hybridized carbons (Fsp3) is 0.435. The number of Topliss-reactive ketones (excluding diaryl/α,β-unsaturated/α-hetero) is 1. The molecule has 0 saturated carbocycles. The summed E-state index contributed by atoms with van der Waals surface area (Å²) in [4.78, 5) is 95.9. The number of esters is 2. The second kappa shape index (κ2) is 19.7. The quantitative estimate of drug-likeness (QED) is 0.0404. The molecule has 2 aromatic heterocycles. The third-order valence-electron chi connectivity index (χ3n) is 11.6. The number of nitrogens with two attached hydrogens (primary N) is 2. The highest BCUT2D eigenvalue weighted by atomic mass is 79.9. The number of carbonyl (C=O) groups excluding carboxylic acids is 6. The second-order valence-electron chi connectivity index (χ2n) is 17.4. The Morgan fingerprint density at radius 2 is 1.78 bits per heavy atom. The molecular formula is C46H54BrN7O10. The summed E-state index contributed by atoms with van der Waals surface area (Å²) in [6.07, 6.45) is -0.257. The summed E-state index contributed by atoms with van der Waals surface area (Å²) in [6, 6.07) is 14.6. The van der Waals surface area contributed by atoms with Gasteiger partial charge in [-0.2, -0.15) is 0 Å².